The lowest BCUT2D eigenvalue weighted by molar-refractivity contribution is 0.296. The van der Waals surface area contributed by atoms with Gasteiger partial charge in [0.05, 0.1) is 0 Å². The number of hydrogen-bond acceptors (Lipinski definition) is 1. The molecule has 1 aromatic carbocycles. The first-order chi connectivity index (χ1) is 12.9. The van der Waals surface area contributed by atoms with Crippen LogP contribution < -0.4 is 5.32 Å². The van der Waals surface area contributed by atoms with E-state index in [1.807, 2.05) is 0 Å². The monoisotopic (exact) mass is 350 g/mol. The van der Waals surface area contributed by atoms with Gasteiger partial charge < -0.3 is 9.88 Å². The van der Waals surface area contributed by atoms with E-state index in [0.717, 1.165) is 12.1 Å². The van der Waals surface area contributed by atoms with Crippen LogP contribution in [0.3, 0.4) is 0 Å². The standard InChI is InChI=1S/C24H34N2/c1-3-10-18(11-4-1)25-22-16-9-15-21-20-14-7-8-17-23(20)26(24(21)22)19-12-5-2-6-13-19/h7-8,14,17-19,22,25H,1-6,9-13,15-16H2. The van der Waals surface area contributed by atoms with E-state index >= 15 is 0 Å². The van der Waals surface area contributed by atoms with E-state index in [2.05, 4.69) is 34.1 Å². The number of hydrogen-bond donors (Lipinski definition) is 1. The molecule has 2 aromatic rings. The van der Waals surface area contributed by atoms with Crippen molar-refractivity contribution in [2.24, 2.45) is 0 Å². The number of aromatic nitrogens is 1. The fourth-order valence-electron chi connectivity index (χ4n) is 6.06. The highest BCUT2D eigenvalue weighted by atomic mass is 15.1. The van der Waals surface area contributed by atoms with Crippen LogP contribution in [0.25, 0.3) is 10.9 Å². The molecule has 1 unspecified atom stereocenters. The lowest BCUT2D eigenvalue weighted by atomic mass is 9.88. The molecule has 26 heavy (non-hydrogen) atoms. The number of benzene rings is 1. The Bertz CT molecular complexity index is 747. The van der Waals surface area contributed by atoms with Gasteiger partial charge in [0.2, 0.25) is 0 Å². The van der Waals surface area contributed by atoms with Crippen LogP contribution in [0, 0.1) is 0 Å². The molecule has 0 aliphatic heterocycles. The van der Waals surface area contributed by atoms with Gasteiger partial charge in [-0.05, 0) is 56.6 Å². The van der Waals surface area contributed by atoms with Crippen LogP contribution in [0.5, 0.6) is 0 Å². The van der Waals surface area contributed by atoms with Gasteiger partial charge in [0.15, 0.2) is 0 Å². The second kappa shape index (κ2) is 7.38. The van der Waals surface area contributed by atoms with Gasteiger partial charge in [0.1, 0.15) is 0 Å². The van der Waals surface area contributed by atoms with Crippen LogP contribution in [0.2, 0.25) is 0 Å². The van der Waals surface area contributed by atoms with Gasteiger partial charge in [0, 0.05) is 34.7 Å². The van der Waals surface area contributed by atoms with Gasteiger partial charge in [0.25, 0.3) is 0 Å². The number of fused-ring (bicyclic) bond motifs is 3. The molecular formula is C24H34N2. The predicted molar refractivity (Wildman–Crippen MR) is 110 cm³/mol. The van der Waals surface area contributed by atoms with Crippen LogP contribution in [0.4, 0.5) is 0 Å². The van der Waals surface area contributed by atoms with Crippen molar-refractivity contribution in [1.29, 1.82) is 0 Å². The summed E-state index contributed by atoms with van der Waals surface area (Å²) < 4.78 is 2.81. The molecular weight excluding hydrogens is 316 g/mol. The van der Waals surface area contributed by atoms with Crippen LogP contribution in [-0.4, -0.2) is 10.6 Å². The normalized spacial score (nSPS) is 25.5. The molecule has 2 nitrogen and oxygen atoms in total. The zero-order valence-electron chi connectivity index (χ0n) is 16.2. The van der Waals surface area contributed by atoms with E-state index in [1.54, 1.807) is 16.6 Å². The van der Waals surface area contributed by atoms with Gasteiger partial charge in [-0.3, -0.25) is 0 Å². The average Bonchev–Trinajstić information content (AvgIpc) is 3.05. The van der Waals surface area contributed by atoms with Crippen molar-refractivity contribution in [3.8, 4) is 0 Å². The molecule has 2 saturated carbocycles. The van der Waals surface area contributed by atoms with Crippen molar-refractivity contribution in [2.75, 3.05) is 0 Å². The molecule has 0 bridgehead atoms. The maximum atomic E-state index is 4.13. The van der Waals surface area contributed by atoms with E-state index < -0.39 is 0 Å². The maximum Gasteiger partial charge on any atom is 0.0488 e. The minimum Gasteiger partial charge on any atom is -0.340 e. The second-order valence-electron chi connectivity index (χ2n) is 8.99. The fraction of sp³-hybridized carbons (Fsp3) is 0.667. The van der Waals surface area contributed by atoms with Crippen molar-refractivity contribution < 1.29 is 0 Å². The molecule has 1 aromatic heterocycles. The molecule has 0 amide bonds. The summed E-state index contributed by atoms with van der Waals surface area (Å²) in [6.07, 6.45) is 18.0. The second-order valence-corrected chi connectivity index (χ2v) is 8.99. The van der Waals surface area contributed by atoms with Gasteiger partial charge in [-0.1, -0.05) is 56.7 Å². The molecule has 0 saturated heterocycles. The Hall–Kier alpha value is -1.28. The molecule has 2 heteroatoms. The fourth-order valence-corrected chi connectivity index (χ4v) is 6.06. The van der Waals surface area contributed by atoms with Gasteiger partial charge in [-0.15, -0.1) is 0 Å². The topological polar surface area (TPSA) is 17.0 Å². The van der Waals surface area contributed by atoms with Gasteiger partial charge in [-0.2, -0.15) is 0 Å². The van der Waals surface area contributed by atoms with Crippen molar-refractivity contribution >= 4 is 10.9 Å². The molecule has 3 aliphatic rings. The average molecular weight is 351 g/mol. The summed E-state index contributed by atoms with van der Waals surface area (Å²) in [4.78, 5) is 0. The van der Waals surface area contributed by atoms with Gasteiger partial charge in [-0.25, -0.2) is 0 Å². The molecule has 1 heterocycles. The largest absolute Gasteiger partial charge is 0.340 e. The van der Waals surface area contributed by atoms with Crippen molar-refractivity contribution in [1.82, 2.24) is 9.88 Å². The summed E-state index contributed by atoms with van der Waals surface area (Å²) in [6, 6.07) is 11.3. The number of aryl methyl sites for hydroxylation is 1. The van der Waals surface area contributed by atoms with Crippen LogP contribution in [0.1, 0.15) is 100 Å². The van der Waals surface area contributed by atoms with E-state index in [4.69, 9.17) is 0 Å². The Morgan fingerprint density at radius 2 is 1.50 bits per heavy atom. The lowest BCUT2D eigenvalue weighted by Crippen LogP contribution is -2.37. The van der Waals surface area contributed by atoms with Gasteiger partial charge >= 0.3 is 0 Å². The number of rotatable bonds is 3. The van der Waals surface area contributed by atoms with E-state index in [0.29, 0.717) is 6.04 Å². The predicted octanol–water partition coefficient (Wildman–Crippen LogP) is 6.45. The molecule has 140 valence electrons. The summed E-state index contributed by atoms with van der Waals surface area (Å²) in [5.74, 6) is 0. The minimum absolute atomic E-state index is 0.580. The van der Waals surface area contributed by atoms with Crippen molar-refractivity contribution in [3.63, 3.8) is 0 Å². The Labute approximate surface area is 158 Å². The number of nitrogens with zero attached hydrogens (tertiary/aromatic N) is 1. The molecule has 2 fully saturated rings. The molecule has 5 rings (SSSR count). The minimum atomic E-state index is 0.580. The molecule has 1 atom stereocenters. The smallest absolute Gasteiger partial charge is 0.0488 e. The summed E-state index contributed by atoms with van der Waals surface area (Å²) in [5, 5.41) is 5.68. The number of para-hydroxylation sites is 1. The highest BCUT2D eigenvalue weighted by Crippen LogP contribution is 2.42. The summed E-state index contributed by atoms with van der Waals surface area (Å²) in [6.45, 7) is 0. The molecule has 3 aliphatic carbocycles. The third kappa shape index (κ3) is 3.01. The van der Waals surface area contributed by atoms with Crippen LogP contribution >= 0.6 is 0 Å². The highest BCUT2D eigenvalue weighted by molar-refractivity contribution is 5.86. The van der Waals surface area contributed by atoms with E-state index in [-0.39, 0.29) is 0 Å². The zero-order valence-corrected chi connectivity index (χ0v) is 16.2. The first-order valence-corrected chi connectivity index (χ1v) is 11.3. The van der Waals surface area contributed by atoms with Crippen molar-refractivity contribution in [2.45, 2.75) is 102 Å². The first kappa shape index (κ1) is 16.9. The molecule has 0 spiro atoms. The Balaban J connectivity index is 1.57. The lowest BCUT2D eigenvalue weighted by Gasteiger charge is -2.35. The van der Waals surface area contributed by atoms with E-state index in [9.17, 15) is 0 Å². The quantitative estimate of drug-likeness (QED) is 0.673. The summed E-state index contributed by atoms with van der Waals surface area (Å²) in [7, 11) is 0. The van der Waals surface area contributed by atoms with Crippen LogP contribution in [-0.2, 0) is 6.42 Å². The van der Waals surface area contributed by atoms with E-state index in [1.165, 1.54) is 89.0 Å². The Morgan fingerprint density at radius 1 is 0.769 bits per heavy atom. The Kier molecular flexibility index (Phi) is 4.79. The zero-order chi connectivity index (χ0) is 17.3. The SMILES string of the molecule is c1ccc2c(c1)c1c(n2C2CCCCC2)C(NC2CCCCC2)CCC1. The number of nitrogens with one attached hydrogen (secondary N) is 1. The third-order valence-electron chi connectivity index (χ3n) is 7.29. The van der Waals surface area contributed by atoms with Crippen molar-refractivity contribution in [3.05, 3.63) is 35.5 Å². The molecule has 1 N–H and O–H groups in total. The first-order valence-electron chi connectivity index (χ1n) is 11.3. The summed E-state index contributed by atoms with van der Waals surface area (Å²) in [5.41, 5.74) is 4.86. The maximum absolute atomic E-state index is 4.13. The third-order valence-corrected chi connectivity index (χ3v) is 7.29. The highest BCUT2D eigenvalue weighted by Gasteiger charge is 2.32. The Morgan fingerprint density at radius 3 is 2.31 bits per heavy atom. The van der Waals surface area contributed by atoms with Crippen LogP contribution in [0.15, 0.2) is 24.3 Å². The summed E-state index contributed by atoms with van der Waals surface area (Å²) >= 11 is 0. The molecule has 0 radical (unpaired) electrons.